The minimum atomic E-state index is -0.0958. The maximum absolute atomic E-state index is 11.3. The van der Waals surface area contributed by atoms with Gasteiger partial charge < -0.3 is 5.32 Å². The van der Waals surface area contributed by atoms with Gasteiger partial charge in [-0.3, -0.25) is 4.79 Å². The number of nitrogens with one attached hydrogen (secondary N) is 1. The predicted octanol–water partition coefficient (Wildman–Crippen LogP) is 4.02. The van der Waals surface area contributed by atoms with Crippen molar-refractivity contribution in [2.24, 2.45) is 0 Å². The summed E-state index contributed by atoms with van der Waals surface area (Å²) in [5.74, 6) is -0.0958. The molecule has 2 aromatic carbocycles. The van der Waals surface area contributed by atoms with Gasteiger partial charge in [-0.2, -0.15) is 5.10 Å². The predicted molar refractivity (Wildman–Crippen MR) is 98.2 cm³/mol. The molecule has 0 atom stereocenters. The molecule has 0 aliphatic heterocycles. The van der Waals surface area contributed by atoms with Gasteiger partial charge in [-0.15, -0.1) is 0 Å². The molecule has 25 heavy (non-hydrogen) atoms. The molecule has 1 amide bonds. The third kappa shape index (κ3) is 2.99. The number of nitrogens with zero attached hydrogens (tertiary/aromatic N) is 3. The van der Waals surface area contributed by atoms with Crippen LogP contribution in [-0.4, -0.2) is 20.5 Å². The fraction of sp³-hybridized carbons (Fsp3) is 0.0500. The Morgan fingerprint density at radius 3 is 2.56 bits per heavy atom. The van der Waals surface area contributed by atoms with Crippen LogP contribution in [-0.2, 0) is 4.79 Å². The SMILES string of the molecule is CC(=O)Nc1cccc(-c2ccc3ncc(-c4ccccc4)n3n2)c1. The van der Waals surface area contributed by atoms with Crippen LogP contribution < -0.4 is 5.32 Å². The molecule has 0 aliphatic rings. The highest BCUT2D eigenvalue weighted by molar-refractivity contribution is 5.89. The van der Waals surface area contributed by atoms with E-state index in [1.165, 1.54) is 6.92 Å². The summed E-state index contributed by atoms with van der Waals surface area (Å²) >= 11 is 0. The Labute approximate surface area is 145 Å². The largest absolute Gasteiger partial charge is 0.326 e. The van der Waals surface area contributed by atoms with Crippen molar-refractivity contribution in [1.82, 2.24) is 14.6 Å². The summed E-state index contributed by atoms with van der Waals surface area (Å²) in [6.45, 7) is 1.49. The molecule has 0 radical (unpaired) electrons. The van der Waals surface area contributed by atoms with E-state index in [4.69, 9.17) is 5.10 Å². The second-order valence-corrected chi connectivity index (χ2v) is 5.76. The molecular formula is C20H16N4O. The van der Waals surface area contributed by atoms with E-state index in [0.717, 1.165) is 33.8 Å². The highest BCUT2D eigenvalue weighted by Gasteiger charge is 2.09. The Balaban J connectivity index is 1.80. The molecule has 2 aromatic heterocycles. The minimum Gasteiger partial charge on any atom is -0.326 e. The number of imidazole rings is 1. The van der Waals surface area contributed by atoms with Gasteiger partial charge in [-0.05, 0) is 24.3 Å². The van der Waals surface area contributed by atoms with Gasteiger partial charge in [0, 0.05) is 23.7 Å². The van der Waals surface area contributed by atoms with E-state index in [9.17, 15) is 4.79 Å². The molecule has 0 unspecified atom stereocenters. The lowest BCUT2D eigenvalue weighted by Gasteiger charge is -2.07. The average molecular weight is 328 g/mol. The first-order valence-electron chi connectivity index (χ1n) is 7.99. The van der Waals surface area contributed by atoms with Crippen molar-refractivity contribution in [3.05, 3.63) is 72.9 Å². The summed E-state index contributed by atoms with van der Waals surface area (Å²) in [6.07, 6.45) is 1.83. The lowest BCUT2D eigenvalue weighted by Crippen LogP contribution is -2.05. The molecule has 4 aromatic rings. The van der Waals surface area contributed by atoms with Crippen LogP contribution in [0.1, 0.15) is 6.92 Å². The first-order chi connectivity index (χ1) is 12.2. The molecule has 0 spiro atoms. The smallest absolute Gasteiger partial charge is 0.221 e. The first kappa shape index (κ1) is 15.1. The first-order valence-corrected chi connectivity index (χ1v) is 7.99. The summed E-state index contributed by atoms with van der Waals surface area (Å²) in [5, 5.41) is 7.54. The van der Waals surface area contributed by atoms with Gasteiger partial charge in [0.1, 0.15) is 0 Å². The van der Waals surface area contributed by atoms with Crippen molar-refractivity contribution in [1.29, 1.82) is 0 Å². The van der Waals surface area contributed by atoms with Crippen molar-refractivity contribution >= 4 is 17.2 Å². The summed E-state index contributed by atoms with van der Waals surface area (Å²) in [6, 6.07) is 21.6. The average Bonchev–Trinajstić information content (AvgIpc) is 3.05. The zero-order chi connectivity index (χ0) is 17.2. The fourth-order valence-corrected chi connectivity index (χ4v) is 2.79. The van der Waals surface area contributed by atoms with Gasteiger partial charge in [-0.25, -0.2) is 9.50 Å². The molecule has 2 heterocycles. The molecule has 5 heteroatoms. The van der Waals surface area contributed by atoms with Crippen LogP contribution in [0.15, 0.2) is 72.9 Å². The van der Waals surface area contributed by atoms with Crippen molar-refractivity contribution in [2.75, 3.05) is 5.32 Å². The molecule has 0 fully saturated rings. The molecule has 1 N–H and O–H groups in total. The van der Waals surface area contributed by atoms with Gasteiger partial charge in [-0.1, -0.05) is 42.5 Å². The second kappa shape index (κ2) is 6.20. The Kier molecular flexibility index (Phi) is 3.74. The third-order valence-electron chi connectivity index (χ3n) is 3.91. The number of rotatable bonds is 3. The van der Waals surface area contributed by atoms with E-state index in [0.29, 0.717) is 0 Å². The van der Waals surface area contributed by atoms with Crippen LogP contribution in [0.3, 0.4) is 0 Å². The Bertz CT molecular complexity index is 1050. The van der Waals surface area contributed by atoms with E-state index in [1.54, 1.807) is 0 Å². The topological polar surface area (TPSA) is 59.3 Å². The number of anilines is 1. The molecule has 5 nitrogen and oxygen atoms in total. The molecule has 122 valence electrons. The van der Waals surface area contributed by atoms with Crippen LogP contribution in [0, 0.1) is 0 Å². The fourth-order valence-electron chi connectivity index (χ4n) is 2.79. The summed E-state index contributed by atoms with van der Waals surface area (Å²) < 4.78 is 1.84. The zero-order valence-corrected chi connectivity index (χ0v) is 13.7. The molecule has 0 aliphatic carbocycles. The lowest BCUT2D eigenvalue weighted by atomic mass is 10.1. The van der Waals surface area contributed by atoms with Crippen molar-refractivity contribution in [3.8, 4) is 22.5 Å². The maximum atomic E-state index is 11.3. The van der Waals surface area contributed by atoms with E-state index in [-0.39, 0.29) is 5.91 Å². The summed E-state index contributed by atoms with van der Waals surface area (Å²) in [5.41, 5.74) is 5.29. The standard InChI is InChI=1S/C20H16N4O/c1-14(25)22-17-9-5-8-16(12-17)18-10-11-20-21-13-19(24(20)23-18)15-6-3-2-4-7-15/h2-13H,1H3,(H,22,25). The normalized spacial score (nSPS) is 10.8. The molecule has 0 saturated carbocycles. The number of benzene rings is 2. The third-order valence-corrected chi connectivity index (χ3v) is 3.91. The highest BCUT2D eigenvalue weighted by atomic mass is 16.1. The Morgan fingerprint density at radius 2 is 1.76 bits per heavy atom. The van der Waals surface area contributed by atoms with Crippen molar-refractivity contribution < 1.29 is 4.79 Å². The highest BCUT2D eigenvalue weighted by Crippen LogP contribution is 2.24. The van der Waals surface area contributed by atoms with E-state index in [2.05, 4.69) is 10.3 Å². The molecule has 0 saturated heterocycles. The van der Waals surface area contributed by atoms with Crippen LogP contribution in [0.2, 0.25) is 0 Å². The van der Waals surface area contributed by atoms with Gasteiger partial charge in [0.25, 0.3) is 0 Å². The van der Waals surface area contributed by atoms with Crippen LogP contribution in [0.4, 0.5) is 5.69 Å². The Morgan fingerprint density at radius 1 is 0.960 bits per heavy atom. The zero-order valence-electron chi connectivity index (χ0n) is 13.7. The van der Waals surface area contributed by atoms with Gasteiger partial charge in [0.15, 0.2) is 5.65 Å². The lowest BCUT2D eigenvalue weighted by molar-refractivity contribution is -0.114. The van der Waals surface area contributed by atoms with Crippen LogP contribution >= 0.6 is 0 Å². The van der Waals surface area contributed by atoms with Crippen LogP contribution in [0.5, 0.6) is 0 Å². The minimum absolute atomic E-state index is 0.0958. The maximum Gasteiger partial charge on any atom is 0.221 e. The van der Waals surface area contributed by atoms with Gasteiger partial charge >= 0.3 is 0 Å². The molecule has 0 bridgehead atoms. The summed E-state index contributed by atoms with van der Waals surface area (Å²) in [7, 11) is 0. The molecule has 4 rings (SSSR count). The van der Waals surface area contributed by atoms with Crippen LogP contribution in [0.25, 0.3) is 28.2 Å². The number of hydrogen-bond donors (Lipinski definition) is 1. The quantitative estimate of drug-likeness (QED) is 0.618. The van der Waals surface area contributed by atoms with Crippen molar-refractivity contribution in [2.45, 2.75) is 6.92 Å². The number of aromatic nitrogens is 3. The van der Waals surface area contributed by atoms with Gasteiger partial charge in [0.05, 0.1) is 17.6 Å². The number of hydrogen-bond acceptors (Lipinski definition) is 3. The number of amides is 1. The number of fused-ring (bicyclic) bond motifs is 1. The number of carbonyl (C=O) groups is 1. The summed E-state index contributed by atoms with van der Waals surface area (Å²) in [4.78, 5) is 15.7. The second-order valence-electron chi connectivity index (χ2n) is 5.76. The van der Waals surface area contributed by atoms with E-state index < -0.39 is 0 Å². The Hall–Kier alpha value is -3.47. The van der Waals surface area contributed by atoms with E-state index >= 15 is 0 Å². The van der Waals surface area contributed by atoms with Crippen molar-refractivity contribution in [3.63, 3.8) is 0 Å². The number of carbonyl (C=O) groups excluding carboxylic acids is 1. The van der Waals surface area contributed by atoms with E-state index in [1.807, 2.05) is 77.4 Å². The van der Waals surface area contributed by atoms with Gasteiger partial charge in [0.2, 0.25) is 5.91 Å². The monoisotopic (exact) mass is 328 g/mol. The molecular weight excluding hydrogens is 312 g/mol.